The minimum absolute atomic E-state index is 0.173. The molecule has 7 heteroatoms. The minimum Gasteiger partial charge on any atom is -0.490 e. The highest BCUT2D eigenvalue weighted by Gasteiger charge is 2.32. The van der Waals surface area contributed by atoms with E-state index in [0.29, 0.717) is 45.1 Å². The number of hydrogen-bond acceptors (Lipinski definition) is 4. The third kappa shape index (κ3) is 5.53. The molecule has 38 heavy (non-hydrogen) atoms. The van der Waals surface area contributed by atoms with Gasteiger partial charge in [0.15, 0.2) is 11.5 Å². The van der Waals surface area contributed by atoms with Crippen LogP contribution in [0.25, 0.3) is 6.08 Å². The molecule has 0 aromatic heterocycles. The summed E-state index contributed by atoms with van der Waals surface area (Å²) in [4.78, 5) is 13.6. The molecule has 5 nitrogen and oxygen atoms in total. The third-order valence-corrected chi connectivity index (χ3v) is 6.43. The van der Waals surface area contributed by atoms with Gasteiger partial charge in [-0.3, -0.25) is 4.79 Å². The molecular formula is C31H24BrFN2O3. The van der Waals surface area contributed by atoms with E-state index < -0.39 is 0 Å². The predicted molar refractivity (Wildman–Crippen MR) is 151 cm³/mol. The monoisotopic (exact) mass is 570 g/mol. The Bertz CT molecular complexity index is 1520. The van der Waals surface area contributed by atoms with Gasteiger partial charge >= 0.3 is 0 Å². The van der Waals surface area contributed by atoms with Gasteiger partial charge in [0.05, 0.1) is 22.3 Å². The van der Waals surface area contributed by atoms with Crippen LogP contribution in [0, 0.1) is 5.82 Å². The van der Waals surface area contributed by atoms with E-state index in [-0.39, 0.29) is 18.3 Å². The number of nitrogens with zero attached hydrogens (tertiary/aromatic N) is 2. The quantitative estimate of drug-likeness (QED) is 0.207. The number of rotatable bonds is 8. The molecule has 0 fully saturated rings. The molecule has 0 unspecified atom stereocenters. The zero-order valence-electron chi connectivity index (χ0n) is 20.6. The van der Waals surface area contributed by atoms with Crippen molar-refractivity contribution >= 4 is 39.3 Å². The summed E-state index contributed by atoms with van der Waals surface area (Å²) in [5.74, 6) is 0.460. The van der Waals surface area contributed by atoms with Gasteiger partial charge in [-0.2, -0.15) is 10.1 Å². The van der Waals surface area contributed by atoms with Crippen LogP contribution in [-0.2, 0) is 11.4 Å². The van der Waals surface area contributed by atoms with Crippen LogP contribution in [-0.4, -0.2) is 18.2 Å². The first kappa shape index (κ1) is 25.4. The first-order valence-corrected chi connectivity index (χ1v) is 12.9. The maximum absolute atomic E-state index is 13.6. The second kappa shape index (κ2) is 11.4. The van der Waals surface area contributed by atoms with Crippen molar-refractivity contribution in [1.29, 1.82) is 0 Å². The molecule has 0 bridgehead atoms. The lowest BCUT2D eigenvalue weighted by molar-refractivity contribution is -0.114. The summed E-state index contributed by atoms with van der Waals surface area (Å²) in [5, 5.41) is 6.11. The van der Waals surface area contributed by atoms with Gasteiger partial charge in [0.1, 0.15) is 18.1 Å². The molecule has 1 aliphatic rings. The fraction of sp³-hybridized carbons (Fsp3) is 0.0968. The fourth-order valence-corrected chi connectivity index (χ4v) is 4.70. The second-order valence-corrected chi connectivity index (χ2v) is 9.36. The van der Waals surface area contributed by atoms with Crippen LogP contribution in [0.15, 0.2) is 112 Å². The third-order valence-electron chi connectivity index (χ3n) is 5.84. The maximum atomic E-state index is 13.6. The fourth-order valence-electron chi connectivity index (χ4n) is 4.12. The lowest BCUT2D eigenvalue weighted by Gasteiger charge is -2.15. The largest absolute Gasteiger partial charge is 0.490 e. The number of amides is 1. The average Bonchev–Trinajstić information content (AvgIpc) is 3.25. The lowest BCUT2D eigenvalue weighted by Crippen LogP contribution is -2.21. The van der Waals surface area contributed by atoms with E-state index >= 15 is 0 Å². The summed E-state index contributed by atoms with van der Waals surface area (Å²) < 4.78 is 26.1. The number of benzene rings is 4. The number of carbonyl (C=O) groups is 1. The van der Waals surface area contributed by atoms with E-state index in [0.717, 1.165) is 11.1 Å². The van der Waals surface area contributed by atoms with Crippen molar-refractivity contribution in [2.24, 2.45) is 5.10 Å². The van der Waals surface area contributed by atoms with Crippen LogP contribution in [0.1, 0.15) is 23.6 Å². The van der Waals surface area contributed by atoms with Gasteiger partial charge in [0, 0.05) is 5.56 Å². The highest BCUT2D eigenvalue weighted by atomic mass is 79.9. The van der Waals surface area contributed by atoms with Gasteiger partial charge in [-0.05, 0) is 76.5 Å². The van der Waals surface area contributed by atoms with Crippen molar-refractivity contribution in [1.82, 2.24) is 0 Å². The van der Waals surface area contributed by atoms with Gasteiger partial charge in [-0.15, -0.1) is 0 Å². The number of para-hydroxylation sites is 1. The summed E-state index contributed by atoms with van der Waals surface area (Å²) in [7, 11) is 0. The SMILES string of the molecule is CCOc1cc(/C=C2\C(=O)N(c3ccccc3)N=C2c2ccccc2)cc(Br)c1OCc1cccc(F)c1. The molecule has 0 saturated carbocycles. The highest BCUT2D eigenvalue weighted by molar-refractivity contribution is 9.10. The van der Waals surface area contributed by atoms with E-state index in [2.05, 4.69) is 21.0 Å². The Morgan fingerprint density at radius 2 is 1.66 bits per heavy atom. The Labute approximate surface area is 229 Å². The maximum Gasteiger partial charge on any atom is 0.281 e. The molecule has 0 aliphatic carbocycles. The van der Waals surface area contributed by atoms with E-state index in [9.17, 15) is 9.18 Å². The van der Waals surface area contributed by atoms with E-state index in [1.165, 1.54) is 17.1 Å². The smallest absolute Gasteiger partial charge is 0.281 e. The van der Waals surface area contributed by atoms with E-state index in [1.54, 1.807) is 18.2 Å². The van der Waals surface area contributed by atoms with Crippen LogP contribution < -0.4 is 14.5 Å². The van der Waals surface area contributed by atoms with Gasteiger partial charge in [-0.25, -0.2) is 4.39 Å². The molecule has 1 aliphatic heterocycles. The van der Waals surface area contributed by atoms with Crippen LogP contribution in [0.2, 0.25) is 0 Å². The number of halogens is 2. The molecule has 1 heterocycles. The summed E-state index contributed by atoms with van der Waals surface area (Å²) in [6, 6.07) is 28.9. The van der Waals surface area contributed by atoms with Crippen LogP contribution in [0.5, 0.6) is 11.5 Å². The Kier molecular flexibility index (Phi) is 7.65. The molecule has 1 amide bonds. The zero-order chi connectivity index (χ0) is 26.5. The molecule has 190 valence electrons. The summed E-state index contributed by atoms with van der Waals surface area (Å²) >= 11 is 3.60. The van der Waals surface area contributed by atoms with Crippen molar-refractivity contribution in [2.45, 2.75) is 13.5 Å². The average molecular weight is 571 g/mol. The Balaban J connectivity index is 1.52. The number of anilines is 1. The van der Waals surface area contributed by atoms with Crippen molar-refractivity contribution in [3.8, 4) is 11.5 Å². The van der Waals surface area contributed by atoms with E-state index in [4.69, 9.17) is 9.47 Å². The van der Waals surface area contributed by atoms with Crippen molar-refractivity contribution in [3.63, 3.8) is 0 Å². The van der Waals surface area contributed by atoms with Crippen molar-refractivity contribution < 1.29 is 18.7 Å². The van der Waals surface area contributed by atoms with Gasteiger partial charge < -0.3 is 9.47 Å². The van der Waals surface area contributed by atoms with Gasteiger partial charge in [0.2, 0.25) is 0 Å². The van der Waals surface area contributed by atoms with Crippen LogP contribution in [0.3, 0.4) is 0 Å². The molecule has 0 N–H and O–H groups in total. The van der Waals surface area contributed by atoms with Crippen LogP contribution >= 0.6 is 15.9 Å². The number of carbonyl (C=O) groups excluding carboxylic acids is 1. The second-order valence-electron chi connectivity index (χ2n) is 8.51. The standard InChI is InChI=1S/C31H24BrFN2O3/c1-2-37-28-19-22(18-27(32)30(28)38-20-21-10-9-13-24(33)16-21)17-26-29(23-11-5-3-6-12-23)34-35(31(26)36)25-14-7-4-8-15-25/h3-19H,2,20H2,1H3/b26-17-. The highest BCUT2D eigenvalue weighted by Crippen LogP contribution is 2.39. The summed E-state index contributed by atoms with van der Waals surface area (Å²) in [6.45, 7) is 2.47. The lowest BCUT2D eigenvalue weighted by atomic mass is 10.00. The Morgan fingerprint density at radius 3 is 2.37 bits per heavy atom. The first-order valence-electron chi connectivity index (χ1n) is 12.1. The molecule has 4 aromatic rings. The van der Waals surface area contributed by atoms with Gasteiger partial charge in [0.25, 0.3) is 5.91 Å². The molecule has 0 saturated heterocycles. The molecule has 0 radical (unpaired) electrons. The number of hydrogen-bond donors (Lipinski definition) is 0. The Hall–Kier alpha value is -4.23. The zero-order valence-corrected chi connectivity index (χ0v) is 22.2. The normalized spacial score (nSPS) is 14.1. The molecule has 5 rings (SSSR count). The Morgan fingerprint density at radius 1 is 0.921 bits per heavy atom. The topological polar surface area (TPSA) is 51.1 Å². The number of ether oxygens (including phenoxy) is 2. The van der Waals surface area contributed by atoms with Crippen LogP contribution in [0.4, 0.5) is 10.1 Å². The number of hydrazone groups is 1. The summed E-state index contributed by atoms with van der Waals surface area (Å²) in [6.07, 6.45) is 1.81. The van der Waals surface area contributed by atoms with Crippen molar-refractivity contribution in [2.75, 3.05) is 11.6 Å². The molecular weight excluding hydrogens is 547 g/mol. The van der Waals surface area contributed by atoms with E-state index in [1.807, 2.05) is 79.7 Å². The first-order chi connectivity index (χ1) is 18.5. The minimum atomic E-state index is -0.321. The van der Waals surface area contributed by atoms with Gasteiger partial charge in [-0.1, -0.05) is 60.7 Å². The molecule has 4 aromatic carbocycles. The molecule has 0 atom stereocenters. The predicted octanol–water partition coefficient (Wildman–Crippen LogP) is 7.40. The molecule has 0 spiro atoms. The summed E-state index contributed by atoms with van der Waals surface area (Å²) in [5.41, 5.74) is 4.01. The van der Waals surface area contributed by atoms with Crippen molar-refractivity contribution in [3.05, 3.63) is 130 Å².